The van der Waals surface area contributed by atoms with Crippen molar-refractivity contribution in [2.75, 3.05) is 17.3 Å². The second-order valence-corrected chi connectivity index (χ2v) is 4.47. The molecule has 0 aliphatic heterocycles. The molecule has 1 aromatic heterocycles. The van der Waals surface area contributed by atoms with Crippen molar-refractivity contribution >= 4 is 34.1 Å². The minimum absolute atomic E-state index is 0.478. The van der Waals surface area contributed by atoms with Gasteiger partial charge in [0, 0.05) is 6.04 Å². The Hall–Kier alpha value is -0.420. The van der Waals surface area contributed by atoms with Crippen LogP contribution in [0.1, 0.15) is 20.3 Å². The smallest absolute Gasteiger partial charge is 0.153 e. The first-order chi connectivity index (χ1) is 6.19. The molecule has 5 heteroatoms. The zero-order valence-corrected chi connectivity index (χ0v) is 9.76. The first kappa shape index (κ1) is 10.7. The number of hydrogen-bond acceptors (Lipinski definition) is 5. The van der Waals surface area contributed by atoms with E-state index in [4.69, 9.17) is 5.73 Å². The van der Waals surface area contributed by atoms with Crippen molar-refractivity contribution < 1.29 is 0 Å². The molecule has 0 saturated carbocycles. The van der Waals surface area contributed by atoms with Gasteiger partial charge in [0.05, 0.1) is 4.90 Å². The van der Waals surface area contributed by atoms with Gasteiger partial charge in [-0.05, 0) is 31.1 Å². The fourth-order valence-corrected chi connectivity index (χ4v) is 2.55. The molecule has 1 heterocycles. The Bertz CT molecular complexity index is 272. The van der Waals surface area contributed by atoms with E-state index in [0.29, 0.717) is 11.9 Å². The number of aromatic nitrogens is 1. The van der Waals surface area contributed by atoms with Crippen molar-refractivity contribution in [2.24, 2.45) is 0 Å². The lowest BCUT2D eigenvalue weighted by molar-refractivity contribution is 0.764. The van der Waals surface area contributed by atoms with E-state index in [0.717, 1.165) is 16.3 Å². The molecular weight excluding hydrogens is 202 g/mol. The molecule has 0 saturated heterocycles. The van der Waals surface area contributed by atoms with Gasteiger partial charge in [0.1, 0.15) is 5.00 Å². The molecule has 13 heavy (non-hydrogen) atoms. The first-order valence-electron chi connectivity index (χ1n) is 4.24. The Labute approximate surface area is 87.3 Å². The lowest BCUT2D eigenvalue weighted by Gasteiger charge is -2.11. The van der Waals surface area contributed by atoms with Crippen molar-refractivity contribution in [1.29, 1.82) is 0 Å². The van der Waals surface area contributed by atoms with Gasteiger partial charge in [0.15, 0.2) is 5.82 Å². The van der Waals surface area contributed by atoms with Crippen molar-refractivity contribution in [2.45, 2.75) is 31.2 Å². The molecule has 3 N–H and O–H groups in total. The summed E-state index contributed by atoms with van der Waals surface area (Å²) in [7, 11) is 0. The molecule has 0 aromatic carbocycles. The Morgan fingerprint density at radius 1 is 1.69 bits per heavy atom. The van der Waals surface area contributed by atoms with Crippen LogP contribution in [-0.4, -0.2) is 16.7 Å². The third kappa shape index (κ3) is 2.51. The number of anilines is 2. The largest absolute Gasteiger partial charge is 0.382 e. The number of nitrogens with zero attached hydrogens (tertiary/aromatic N) is 1. The Morgan fingerprint density at radius 3 is 2.92 bits per heavy atom. The Balaban J connectivity index is 2.76. The van der Waals surface area contributed by atoms with Crippen molar-refractivity contribution in [3.05, 3.63) is 0 Å². The van der Waals surface area contributed by atoms with Crippen LogP contribution in [0.2, 0.25) is 0 Å². The van der Waals surface area contributed by atoms with E-state index in [1.165, 1.54) is 11.5 Å². The van der Waals surface area contributed by atoms with Crippen LogP contribution in [0.3, 0.4) is 0 Å². The van der Waals surface area contributed by atoms with E-state index in [2.05, 4.69) is 23.5 Å². The average molecular weight is 217 g/mol. The zero-order valence-electron chi connectivity index (χ0n) is 8.13. The molecule has 0 radical (unpaired) electrons. The van der Waals surface area contributed by atoms with Crippen LogP contribution in [-0.2, 0) is 0 Å². The van der Waals surface area contributed by atoms with E-state index >= 15 is 0 Å². The van der Waals surface area contributed by atoms with Gasteiger partial charge in [-0.15, -0.1) is 11.8 Å². The number of rotatable bonds is 4. The minimum atomic E-state index is 0.478. The number of nitrogen functional groups attached to an aromatic ring is 1. The molecule has 0 bridgehead atoms. The topological polar surface area (TPSA) is 50.9 Å². The van der Waals surface area contributed by atoms with Crippen molar-refractivity contribution in [3.63, 3.8) is 0 Å². The number of nitrogens with one attached hydrogen (secondary N) is 1. The molecule has 0 spiro atoms. The van der Waals surface area contributed by atoms with Crippen LogP contribution >= 0.6 is 23.3 Å². The molecule has 0 aliphatic rings. The van der Waals surface area contributed by atoms with Gasteiger partial charge in [-0.3, -0.25) is 0 Å². The molecular formula is C8H15N3S2. The summed E-state index contributed by atoms with van der Waals surface area (Å²) in [6.45, 7) is 4.31. The maximum Gasteiger partial charge on any atom is 0.153 e. The molecule has 74 valence electrons. The molecule has 0 aliphatic carbocycles. The second kappa shape index (κ2) is 4.72. The van der Waals surface area contributed by atoms with Gasteiger partial charge >= 0.3 is 0 Å². The molecule has 1 unspecified atom stereocenters. The lowest BCUT2D eigenvalue weighted by Crippen LogP contribution is -2.12. The SMILES string of the molecule is CCC(C)Nc1snc(N)c1SC. The molecule has 0 amide bonds. The lowest BCUT2D eigenvalue weighted by atomic mass is 10.3. The van der Waals surface area contributed by atoms with E-state index in [-0.39, 0.29) is 0 Å². The van der Waals surface area contributed by atoms with E-state index < -0.39 is 0 Å². The maximum atomic E-state index is 5.71. The third-order valence-corrected chi connectivity index (χ3v) is 3.61. The summed E-state index contributed by atoms with van der Waals surface area (Å²) < 4.78 is 4.11. The zero-order chi connectivity index (χ0) is 9.84. The molecule has 1 aromatic rings. The van der Waals surface area contributed by atoms with Gasteiger partial charge in [-0.1, -0.05) is 6.92 Å². The second-order valence-electron chi connectivity index (χ2n) is 2.88. The highest BCUT2D eigenvalue weighted by Gasteiger charge is 2.11. The van der Waals surface area contributed by atoms with Gasteiger partial charge in [-0.25, -0.2) is 0 Å². The average Bonchev–Trinajstić information content (AvgIpc) is 2.46. The summed E-state index contributed by atoms with van der Waals surface area (Å²) in [6.07, 6.45) is 3.12. The number of hydrogen-bond donors (Lipinski definition) is 2. The van der Waals surface area contributed by atoms with E-state index in [1.807, 2.05) is 6.26 Å². The van der Waals surface area contributed by atoms with Crippen LogP contribution in [0.15, 0.2) is 4.90 Å². The predicted octanol–water partition coefficient (Wildman–Crippen LogP) is 2.66. The van der Waals surface area contributed by atoms with Gasteiger partial charge < -0.3 is 11.1 Å². The minimum Gasteiger partial charge on any atom is -0.382 e. The van der Waals surface area contributed by atoms with E-state index in [9.17, 15) is 0 Å². The van der Waals surface area contributed by atoms with E-state index in [1.54, 1.807) is 11.8 Å². The molecule has 1 atom stereocenters. The molecule has 3 nitrogen and oxygen atoms in total. The third-order valence-electron chi connectivity index (χ3n) is 1.87. The predicted molar refractivity (Wildman–Crippen MR) is 61.7 cm³/mol. The van der Waals surface area contributed by atoms with Crippen LogP contribution in [0.4, 0.5) is 10.8 Å². The van der Waals surface area contributed by atoms with Crippen molar-refractivity contribution in [3.8, 4) is 0 Å². The quantitative estimate of drug-likeness (QED) is 0.761. The van der Waals surface area contributed by atoms with Crippen LogP contribution in [0.5, 0.6) is 0 Å². The first-order valence-corrected chi connectivity index (χ1v) is 6.24. The monoisotopic (exact) mass is 217 g/mol. The van der Waals surface area contributed by atoms with Gasteiger partial charge in [0.2, 0.25) is 0 Å². The van der Waals surface area contributed by atoms with Crippen LogP contribution < -0.4 is 11.1 Å². The summed E-state index contributed by atoms with van der Waals surface area (Å²) in [5, 5.41) is 4.48. The Kier molecular flexibility index (Phi) is 3.87. The summed E-state index contributed by atoms with van der Waals surface area (Å²) in [5.74, 6) is 0.642. The summed E-state index contributed by atoms with van der Waals surface area (Å²) >= 11 is 3.08. The fourth-order valence-electron chi connectivity index (χ4n) is 0.909. The summed E-state index contributed by atoms with van der Waals surface area (Å²) in [6, 6.07) is 0.478. The van der Waals surface area contributed by atoms with Crippen LogP contribution in [0, 0.1) is 0 Å². The molecule has 0 fully saturated rings. The van der Waals surface area contributed by atoms with Gasteiger partial charge in [-0.2, -0.15) is 4.37 Å². The Morgan fingerprint density at radius 2 is 2.38 bits per heavy atom. The highest BCUT2D eigenvalue weighted by atomic mass is 32.2. The number of nitrogens with two attached hydrogens (primary N) is 1. The maximum absolute atomic E-state index is 5.71. The van der Waals surface area contributed by atoms with Crippen molar-refractivity contribution in [1.82, 2.24) is 4.37 Å². The van der Waals surface area contributed by atoms with Gasteiger partial charge in [0.25, 0.3) is 0 Å². The summed E-state index contributed by atoms with van der Waals surface area (Å²) in [5.41, 5.74) is 5.71. The molecule has 1 rings (SSSR count). The fraction of sp³-hybridized carbons (Fsp3) is 0.625. The summed E-state index contributed by atoms with van der Waals surface area (Å²) in [4.78, 5) is 1.07. The highest BCUT2D eigenvalue weighted by Crippen LogP contribution is 2.34. The highest BCUT2D eigenvalue weighted by molar-refractivity contribution is 7.99. The normalized spacial score (nSPS) is 12.8. The standard InChI is InChI=1S/C8H15N3S2/c1-4-5(2)10-8-6(12-3)7(9)11-13-8/h5,10H,4H2,1-3H3,(H2,9,11). The van der Waals surface area contributed by atoms with Crippen LogP contribution in [0.25, 0.3) is 0 Å². The number of thioether (sulfide) groups is 1.